The number of hydrogen-bond acceptors (Lipinski definition) is 3. The smallest absolute Gasteiger partial charge is 0.460 e. The van der Waals surface area contributed by atoms with E-state index in [0.29, 0.717) is 12.5 Å². The van der Waals surface area contributed by atoms with Gasteiger partial charge in [-0.2, -0.15) is 39.5 Å². The highest BCUT2D eigenvalue weighted by molar-refractivity contribution is 6.74. The molecule has 0 saturated heterocycles. The summed E-state index contributed by atoms with van der Waals surface area (Å²) in [6.07, 6.45) is -4.61. The van der Waals surface area contributed by atoms with Gasteiger partial charge in [0.15, 0.2) is 8.32 Å². The van der Waals surface area contributed by atoms with Crippen molar-refractivity contribution in [2.24, 2.45) is 11.8 Å². The molecule has 0 saturated carbocycles. The van der Waals surface area contributed by atoms with Gasteiger partial charge in [-0.25, -0.2) is 0 Å². The van der Waals surface area contributed by atoms with E-state index in [-0.39, 0.29) is 29.4 Å². The summed E-state index contributed by atoms with van der Waals surface area (Å²) in [7, 11) is -1.78. The Balaban J connectivity index is 2.47. The first-order valence-corrected chi connectivity index (χ1v) is 17.1. The fourth-order valence-electron chi connectivity index (χ4n) is 3.43. The summed E-state index contributed by atoms with van der Waals surface area (Å²) in [6, 6.07) is 6.23. The van der Waals surface area contributed by atoms with E-state index in [4.69, 9.17) is 13.9 Å². The van der Waals surface area contributed by atoms with Crippen LogP contribution in [-0.2, 0) is 15.8 Å². The average molecular weight is 653 g/mol. The molecule has 43 heavy (non-hydrogen) atoms. The maximum Gasteiger partial charge on any atom is 0.460 e. The Bertz CT molecular complexity index is 1000. The zero-order valence-corrected chi connectivity index (χ0v) is 27.1. The lowest BCUT2D eigenvalue weighted by atomic mass is 10.00. The van der Waals surface area contributed by atoms with Crippen LogP contribution in [0.4, 0.5) is 39.5 Å². The monoisotopic (exact) mass is 652 g/mol. The number of hydrogen-bond donors (Lipinski definition) is 0. The molecule has 0 amide bonds. The maximum absolute atomic E-state index is 13.6. The summed E-state index contributed by atoms with van der Waals surface area (Å²) < 4.78 is 134. The van der Waals surface area contributed by atoms with Crippen molar-refractivity contribution in [3.05, 3.63) is 42.0 Å². The van der Waals surface area contributed by atoms with E-state index in [1.807, 2.05) is 13.8 Å². The molecule has 0 bridgehead atoms. The average Bonchev–Trinajstić information content (AvgIpc) is 2.87. The Morgan fingerprint density at radius 3 is 1.91 bits per heavy atom. The Kier molecular flexibility index (Phi) is 13.7. The minimum atomic E-state index is -6.88. The summed E-state index contributed by atoms with van der Waals surface area (Å²) in [6.45, 7) is 17.6. The van der Waals surface area contributed by atoms with Gasteiger partial charge in [0.25, 0.3) is 0 Å². The van der Waals surface area contributed by atoms with Gasteiger partial charge in [0.2, 0.25) is 0 Å². The van der Waals surface area contributed by atoms with Crippen LogP contribution in [0.1, 0.15) is 66.4 Å². The molecule has 0 fully saturated rings. The second kappa shape index (κ2) is 15.0. The number of allylic oxidation sites excluding steroid dienone is 1. The first kappa shape index (κ1) is 39.3. The third-order valence-corrected chi connectivity index (χ3v) is 12.3. The van der Waals surface area contributed by atoms with Crippen LogP contribution in [0.3, 0.4) is 0 Å². The molecule has 0 spiro atoms. The highest BCUT2D eigenvalue weighted by Crippen LogP contribution is 2.54. The van der Waals surface area contributed by atoms with Gasteiger partial charge in [-0.1, -0.05) is 58.9 Å². The van der Waals surface area contributed by atoms with Gasteiger partial charge in [0, 0.05) is 13.0 Å². The van der Waals surface area contributed by atoms with Crippen molar-refractivity contribution >= 4 is 8.32 Å². The van der Waals surface area contributed by atoms with Gasteiger partial charge in [-0.3, -0.25) is 0 Å². The summed E-state index contributed by atoms with van der Waals surface area (Å²) >= 11 is 0. The van der Waals surface area contributed by atoms with Crippen molar-refractivity contribution in [1.29, 1.82) is 0 Å². The number of benzene rings is 1. The predicted molar refractivity (Wildman–Crippen MR) is 152 cm³/mol. The molecule has 0 aliphatic carbocycles. The van der Waals surface area contributed by atoms with Crippen molar-refractivity contribution in [3.63, 3.8) is 0 Å². The van der Waals surface area contributed by atoms with Crippen LogP contribution in [0.25, 0.3) is 0 Å². The molecule has 250 valence electrons. The van der Waals surface area contributed by atoms with Crippen LogP contribution in [0.2, 0.25) is 18.1 Å². The van der Waals surface area contributed by atoms with Gasteiger partial charge in [-0.05, 0) is 67.4 Å². The van der Waals surface area contributed by atoms with E-state index in [0.717, 1.165) is 12.0 Å². The molecule has 1 aromatic carbocycles. The molecule has 0 N–H and O–H groups in total. The van der Waals surface area contributed by atoms with Gasteiger partial charge in [0.05, 0.1) is 19.3 Å². The van der Waals surface area contributed by atoms with Crippen molar-refractivity contribution in [3.8, 4) is 5.75 Å². The lowest BCUT2D eigenvalue weighted by Gasteiger charge is -2.37. The van der Waals surface area contributed by atoms with Gasteiger partial charge in [0.1, 0.15) is 5.75 Å². The van der Waals surface area contributed by atoms with Crippen molar-refractivity contribution < 1.29 is 53.4 Å². The Labute approximate surface area is 250 Å². The van der Waals surface area contributed by atoms with E-state index in [1.165, 1.54) is 12.1 Å². The largest absolute Gasteiger partial charge is 0.494 e. The topological polar surface area (TPSA) is 27.7 Å². The molecule has 1 aromatic rings. The van der Waals surface area contributed by atoms with Crippen LogP contribution in [0.5, 0.6) is 5.75 Å². The van der Waals surface area contributed by atoms with E-state index in [9.17, 15) is 39.5 Å². The van der Waals surface area contributed by atoms with Crippen LogP contribution < -0.4 is 4.74 Å². The molecule has 1 rings (SSSR count). The van der Waals surface area contributed by atoms with Crippen LogP contribution in [0.15, 0.2) is 36.4 Å². The molecule has 3 atom stereocenters. The third kappa shape index (κ3) is 11.0. The minimum Gasteiger partial charge on any atom is -0.494 e. The molecule has 0 heterocycles. The lowest BCUT2D eigenvalue weighted by molar-refractivity contribution is -0.396. The van der Waals surface area contributed by atoms with Crippen molar-refractivity contribution in [1.82, 2.24) is 0 Å². The minimum absolute atomic E-state index is 0.101. The SMILES string of the molecule is C[C@H](C/C=C/[C@H](C)[C@H](C)OCc1ccc(OCCCC(F)(F)C(F)(F)C(F)(F)C(F)(F)F)cc1)CO[Si](C)(C)C(C)(C)C. The third-order valence-electron chi connectivity index (χ3n) is 7.80. The molecule has 0 radical (unpaired) electrons. The Morgan fingerprint density at radius 2 is 1.40 bits per heavy atom. The molecule has 13 heteroatoms. The standard InChI is InChI=1S/C30H45F9O3Si/c1-21(19-42-43(7,8)26(4,5)6)11-9-12-22(2)23(3)41-20-24-13-15-25(16-14-24)40-18-10-17-27(31,32)28(33,34)29(35,36)30(37,38)39/h9,12-16,21-23H,10-11,17-20H2,1-8H3/b12-9+/t21-,22+,23+/m1/s1. The molecular formula is C30H45F9O3Si. The number of alkyl halides is 9. The molecule has 0 aliphatic rings. The fraction of sp³-hybridized carbons (Fsp3) is 0.733. The zero-order valence-electron chi connectivity index (χ0n) is 26.1. The Hall–Kier alpha value is -1.73. The predicted octanol–water partition coefficient (Wildman–Crippen LogP) is 10.5. The zero-order chi connectivity index (χ0) is 33.5. The number of rotatable bonds is 17. The number of halogens is 9. The summed E-state index contributed by atoms with van der Waals surface area (Å²) in [5, 5.41) is 0.163. The fourth-order valence-corrected chi connectivity index (χ4v) is 4.56. The first-order valence-electron chi connectivity index (χ1n) is 14.2. The molecule has 0 aliphatic heterocycles. The molecule has 3 nitrogen and oxygen atoms in total. The van der Waals surface area contributed by atoms with Gasteiger partial charge in [-0.15, -0.1) is 0 Å². The summed E-state index contributed by atoms with van der Waals surface area (Å²) in [5.41, 5.74) is 0.771. The van der Waals surface area contributed by atoms with Crippen LogP contribution in [-0.4, -0.2) is 51.6 Å². The van der Waals surface area contributed by atoms with Gasteiger partial charge >= 0.3 is 23.9 Å². The summed E-state index contributed by atoms with van der Waals surface area (Å²) in [5.74, 6) is -18.4. The van der Waals surface area contributed by atoms with E-state index in [1.54, 1.807) is 12.1 Å². The van der Waals surface area contributed by atoms with Crippen LogP contribution >= 0.6 is 0 Å². The van der Waals surface area contributed by atoms with E-state index in [2.05, 4.69) is 52.9 Å². The highest BCUT2D eigenvalue weighted by Gasteiger charge is 2.81. The Morgan fingerprint density at radius 1 is 0.837 bits per heavy atom. The molecular weight excluding hydrogens is 607 g/mol. The molecule has 0 aromatic heterocycles. The van der Waals surface area contributed by atoms with Crippen LogP contribution in [0, 0.1) is 11.8 Å². The van der Waals surface area contributed by atoms with Crippen molar-refractivity contribution in [2.45, 2.75) is 116 Å². The maximum atomic E-state index is 13.6. The lowest BCUT2D eigenvalue weighted by Crippen LogP contribution is -2.60. The normalized spacial score (nSPS) is 16.4. The quantitative estimate of drug-likeness (QED) is 0.0726. The van der Waals surface area contributed by atoms with E-state index >= 15 is 0 Å². The highest BCUT2D eigenvalue weighted by atomic mass is 28.4. The summed E-state index contributed by atoms with van der Waals surface area (Å²) in [4.78, 5) is 0. The van der Waals surface area contributed by atoms with E-state index < -0.39 is 51.7 Å². The molecule has 0 unspecified atom stereocenters. The first-order chi connectivity index (χ1) is 19.4. The van der Waals surface area contributed by atoms with Crippen molar-refractivity contribution in [2.75, 3.05) is 13.2 Å². The van der Waals surface area contributed by atoms with Gasteiger partial charge < -0.3 is 13.9 Å². The number of ether oxygens (including phenoxy) is 2. The second-order valence-electron chi connectivity index (χ2n) is 12.7. The second-order valence-corrected chi connectivity index (χ2v) is 17.5.